The smallest absolute Gasteiger partial charge is 0.330 e. The molecule has 1 rings (SSSR count). The molecule has 14 heavy (non-hydrogen) atoms. The zero-order valence-corrected chi connectivity index (χ0v) is 9.38. The van der Waals surface area contributed by atoms with Crippen molar-refractivity contribution in [2.45, 2.75) is 46.1 Å². The molecular formula is C12H20O2. The molecule has 0 aromatic heterocycles. The van der Waals surface area contributed by atoms with Crippen molar-refractivity contribution in [2.24, 2.45) is 11.3 Å². The fraction of sp³-hybridized carbons (Fsp3) is 0.750. The van der Waals surface area contributed by atoms with Crippen molar-refractivity contribution in [3.05, 3.63) is 12.7 Å². The Morgan fingerprint density at radius 3 is 2.64 bits per heavy atom. The maximum atomic E-state index is 11.1. The molecule has 2 nitrogen and oxygen atoms in total. The molecular weight excluding hydrogens is 176 g/mol. The Morgan fingerprint density at radius 2 is 2.14 bits per heavy atom. The van der Waals surface area contributed by atoms with E-state index in [1.54, 1.807) is 0 Å². The van der Waals surface area contributed by atoms with Gasteiger partial charge in [-0.05, 0) is 30.6 Å². The lowest BCUT2D eigenvalue weighted by Crippen LogP contribution is -2.33. The lowest BCUT2D eigenvalue weighted by molar-refractivity contribution is -0.147. The van der Waals surface area contributed by atoms with Crippen LogP contribution in [0.25, 0.3) is 0 Å². The number of hydrogen-bond acceptors (Lipinski definition) is 2. The van der Waals surface area contributed by atoms with Crippen LogP contribution in [-0.2, 0) is 9.53 Å². The highest BCUT2D eigenvalue weighted by atomic mass is 16.5. The Labute approximate surface area is 86.3 Å². The highest BCUT2D eigenvalue weighted by molar-refractivity contribution is 5.81. The lowest BCUT2D eigenvalue weighted by Gasteiger charge is -2.38. The molecule has 0 unspecified atom stereocenters. The van der Waals surface area contributed by atoms with E-state index in [9.17, 15) is 4.79 Å². The van der Waals surface area contributed by atoms with E-state index in [-0.39, 0.29) is 12.1 Å². The molecule has 2 atom stereocenters. The maximum absolute atomic E-state index is 11.1. The summed E-state index contributed by atoms with van der Waals surface area (Å²) in [7, 11) is 0. The van der Waals surface area contributed by atoms with Gasteiger partial charge in [0.1, 0.15) is 6.10 Å². The maximum Gasteiger partial charge on any atom is 0.330 e. The monoisotopic (exact) mass is 196 g/mol. The summed E-state index contributed by atoms with van der Waals surface area (Å²) in [6.45, 7) is 10.1. The fourth-order valence-corrected chi connectivity index (χ4v) is 2.56. The molecule has 0 bridgehead atoms. The van der Waals surface area contributed by atoms with E-state index < -0.39 is 0 Å². The van der Waals surface area contributed by atoms with Gasteiger partial charge >= 0.3 is 5.97 Å². The molecule has 1 fully saturated rings. The Balaban J connectivity index is 2.54. The second-order valence-corrected chi connectivity index (χ2v) is 5.18. The molecule has 0 radical (unpaired) electrons. The van der Waals surface area contributed by atoms with Gasteiger partial charge in [0.25, 0.3) is 0 Å². The van der Waals surface area contributed by atoms with Crippen molar-refractivity contribution in [3.63, 3.8) is 0 Å². The summed E-state index contributed by atoms with van der Waals surface area (Å²) >= 11 is 0. The second kappa shape index (κ2) is 4.16. The van der Waals surface area contributed by atoms with Crippen LogP contribution in [-0.4, -0.2) is 12.1 Å². The average molecular weight is 196 g/mol. The first kappa shape index (κ1) is 11.3. The fourth-order valence-electron chi connectivity index (χ4n) is 2.56. The number of carbonyl (C=O) groups is 1. The topological polar surface area (TPSA) is 26.3 Å². The second-order valence-electron chi connectivity index (χ2n) is 5.18. The van der Waals surface area contributed by atoms with Crippen molar-refractivity contribution in [3.8, 4) is 0 Å². The highest BCUT2D eigenvalue weighted by Gasteiger charge is 2.33. The minimum atomic E-state index is -0.292. The van der Waals surface area contributed by atoms with E-state index in [2.05, 4.69) is 27.4 Å². The first-order chi connectivity index (χ1) is 6.43. The third kappa shape index (κ3) is 3.17. The van der Waals surface area contributed by atoms with Crippen LogP contribution in [0.5, 0.6) is 0 Å². The van der Waals surface area contributed by atoms with Crippen molar-refractivity contribution < 1.29 is 9.53 Å². The Bertz CT molecular complexity index is 230. The van der Waals surface area contributed by atoms with Gasteiger partial charge in [-0.1, -0.05) is 27.4 Å². The van der Waals surface area contributed by atoms with Crippen LogP contribution >= 0.6 is 0 Å². The van der Waals surface area contributed by atoms with Crippen LogP contribution < -0.4 is 0 Å². The summed E-state index contributed by atoms with van der Waals surface area (Å²) < 4.78 is 5.29. The van der Waals surface area contributed by atoms with Crippen molar-refractivity contribution >= 4 is 5.97 Å². The third-order valence-electron chi connectivity index (χ3n) is 2.80. The SMILES string of the molecule is C=CC(=O)O[C@@H]1C[C@@H](C)CC(C)(C)C1. The number of rotatable bonds is 2. The Hall–Kier alpha value is -0.790. The van der Waals surface area contributed by atoms with E-state index in [1.165, 1.54) is 12.5 Å². The summed E-state index contributed by atoms with van der Waals surface area (Å²) in [6.07, 6.45) is 4.50. The van der Waals surface area contributed by atoms with Gasteiger partial charge in [-0.25, -0.2) is 4.79 Å². The van der Waals surface area contributed by atoms with Crippen LogP contribution in [0.4, 0.5) is 0 Å². The number of esters is 1. The first-order valence-electron chi connectivity index (χ1n) is 5.26. The van der Waals surface area contributed by atoms with Gasteiger partial charge in [-0.15, -0.1) is 0 Å². The van der Waals surface area contributed by atoms with E-state index >= 15 is 0 Å². The van der Waals surface area contributed by atoms with Crippen molar-refractivity contribution in [2.75, 3.05) is 0 Å². The van der Waals surface area contributed by atoms with Crippen LogP contribution in [0.1, 0.15) is 40.0 Å². The summed E-state index contributed by atoms with van der Waals surface area (Å²) in [4.78, 5) is 11.1. The van der Waals surface area contributed by atoms with Crippen LogP contribution in [0.15, 0.2) is 12.7 Å². The Morgan fingerprint density at radius 1 is 1.50 bits per heavy atom. The first-order valence-corrected chi connectivity index (χ1v) is 5.26. The zero-order chi connectivity index (χ0) is 10.8. The molecule has 1 aliphatic rings. The molecule has 0 amide bonds. The van der Waals surface area contributed by atoms with Gasteiger partial charge in [0.2, 0.25) is 0 Å². The summed E-state index contributed by atoms with van der Waals surface area (Å²) in [5.41, 5.74) is 0.295. The minimum absolute atomic E-state index is 0.0826. The molecule has 0 N–H and O–H groups in total. The average Bonchev–Trinajstić information content (AvgIpc) is 1.99. The summed E-state index contributed by atoms with van der Waals surface area (Å²) in [5, 5.41) is 0. The molecule has 1 saturated carbocycles. The van der Waals surface area contributed by atoms with Gasteiger partial charge in [0, 0.05) is 6.08 Å². The van der Waals surface area contributed by atoms with Gasteiger partial charge in [-0.2, -0.15) is 0 Å². The van der Waals surface area contributed by atoms with Gasteiger partial charge < -0.3 is 4.74 Å². The van der Waals surface area contributed by atoms with Crippen molar-refractivity contribution in [1.82, 2.24) is 0 Å². The molecule has 0 heterocycles. The number of ether oxygens (including phenoxy) is 1. The Kier molecular flexibility index (Phi) is 3.35. The van der Waals surface area contributed by atoms with Gasteiger partial charge in [-0.3, -0.25) is 0 Å². The van der Waals surface area contributed by atoms with Crippen molar-refractivity contribution in [1.29, 1.82) is 0 Å². The van der Waals surface area contributed by atoms with Gasteiger partial charge in [0.05, 0.1) is 0 Å². The lowest BCUT2D eigenvalue weighted by atomic mass is 9.71. The number of carbonyl (C=O) groups excluding carboxylic acids is 1. The molecule has 2 heteroatoms. The molecule has 0 aromatic carbocycles. The molecule has 0 aliphatic heterocycles. The standard InChI is InChI=1S/C12H20O2/c1-5-11(13)14-10-6-9(2)7-12(3,4)8-10/h5,9-10H,1,6-8H2,2-4H3/t9-,10-/m1/s1. The van der Waals surface area contributed by atoms with Crippen LogP contribution in [0.3, 0.4) is 0 Å². The molecule has 80 valence electrons. The highest BCUT2D eigenvalue weighted by Crippen LogP contribution is 2.39. The largest absolute Gasteiger partial charge is 0.459 e. The zero-order valence-electron chi connectivity index (χ0n) is 9.38. The summed E-state index contributed by atoms with van der Waals surface area (Å²) in [6, 6.07) is 0. The third-order valence-corrected chi connectivity index (χ3v) is 2.80. The molecule has 0 saturated heterocycles. The predicted molar refractivity (Wildman–Crippen MR) is 56.9 cm³/mol. The molecule has 0 aromatic rings. The van der Waals surface area contributed by atoms with Gasteiger partial charge in [0.15, 0.2) is 0 Å². The number of hydrogen-bond donors (Lipinski definition) is 0. The van der Waals surface area contributed by atoms with Crippen LogP contribution in [0, 0.1) is 11.3 Å². The van der Waals surface area contributed by atoms with E-state index in [1.807, 2.05) is 0 Å². The predicted octanol–water partition coefficient (Wildman–Crippen LogP) is 2.93. The summed E-state index contributed by atoms with van der Waals surface area (Å²) in [5.74, 6) is 0.348. The molecule has 1 aliphatic carbocycles. The quantitative estimate of drug-likeness (QED) is 0.501. The van der Waals surface area contributed by atoms with E-state index in [0.29, 0.717) is 11.3 Å². The molecule has 0 spiro atoms. The van der Waals surface area contributed by atoms with E-state index in [4.69, 9.17) is 4.74 Å². The normalized spacial score (nSPS) is 30.8. The van der Waals surface area contributed by atoms with Crippen LogP contribution in [0.2, 0.25) is 0 Å². The van der Waals surface area contributed by atoms with E-state index in [0.717, 1.165) is 12.8 Å². The minimum Gasteiger partial charge on any atom is -0.459 e.